The summed E-state index contributed by atoms with van der Waals surface area (Å²) in [7, 11) is -3.85. The number of fused-ring (bicyclic) bond motifs is 3. The van der Waals surface area contributed by atoms with Gasteiger partial charge in [-0.15, -0.1) is 0 Å². The van der Waals surface area contributed by atoms with Gasteiger partial charge >= 0.3 is 0 Å². The molecule has 0 atom stereocenters. The van der Waals surface area contributed by atoms with Crippen LogP contribution in [0.2, 0.25) is 0 Å². The Morgan fingerprint density at radius 1 is 1.07 bits per heavy atom. The van der Waals surface area contributed by atoms with Crippen molar-refractivity contribution in [1.82, 2.24) is 4.31 Å². The van der Waals surface area contributed by atoms with Crippen molar-refractivity contribution < 1.29 is 18.3 Å². The largest absolute Gasteiger partial charge is 0.506 e. The summed E-state index contributed by atoms with van der Waals surface area (Å²) < 4.78 is 34.3. The van der Waals surface area contributed by atoms with Gasteiger partial charge in [0, 0.05) is 24.2 Å². The molecule has 162 valence electrons. The van der Waals surface area contributed by atoms with E-state index < -0.39 is 10.0 Å². The Morgan fingerprint density at radius 2 is 1.77 bits per heavy atom. The maximum Gasteiger partial charge on any atom is 0.247 e. The maximum absolute atomic E-state index is 13.5. The number of hydrogen-bond acceptors (Lipinski definition) is 4. The zero-order valence-electron chi connectivity index (χ0n) is 18.3. The minimum absolute atomic E-state index is 0.00428. The summed E-state index contributed by atoms with van der Waals surface area (Å²) in [5.74, 6) is 0.724. The molecule has 0 bridgehead atoms. The molecule has 0 unspecified atom stereocenters. The number of aromatic hydroxyl groups is 1. The standard InChI is InChI=1S/C24H31NO4S/c1-6-9-10-11-18-15-21-22(20-14-16(4)12-13-19(20)17(5)29-21)23(26)24(18)30(27,28)25(7-2)8-3/h12-15,26H,5-11H2,1-4H3. The molecule has 0 spiro atoms. The van der Waals surface area contributed by atoms with Crippen molar-refractivity contribution in [3.8, 4) is 22.6 Å². The molecule has 0 radical (unpaired) electrons. The number of phenols is 1. The molecule has 2 aromatic carbocycles. The van der Waals surface area contributed by atoms with Crippen molar-refractivity contribution in [3.05, 3.63) is 47.5 Å². The highest BCUT2D eigenvalue weighted by Gasteiger charge is 2.34. The summed E-state index contributed by atoms with van der Waals surface area (Å²) in [4.78, 5) is 0.00428. The van der Waals surface area contributed by atoms with Crippen LogP contribution in [-0.2, 0) is 16.4 Å². The molecular weight excluding hydrogens is 398 g/mol. The molecule has 0 amide bonds. The van der Waals surface area contributed by atoms with Gasteiger partial charge in [-0.3, -0.25) is 0 Å². The van der Waals surface area contributed by atoms with Crippen LogP contribution in [0.3, 0.4) is 0 Å². The fourth-order valence-electron chi connectivity index (χ4n) is 4.05. The van der Waals surface area contributed by atoms with E-state index in [9.17, 15) is 13.5 Å². The van der Waals surface area contributed by atoms with Crippen LogP contribution in [0.5, 0.6) is 11.5 Å². The lowest BCUT2D eigenvalue weighted by atomic mass is 9.91. The van der Waals surface area contributed by atoms with Crippen LogP contribution < -0.4 is 4.74 Å². The minimum atomic E-state index is -3.85. The van der Waals surface area contributed by atoms with Gasteiger partial charge in [0.15, 0.2) is 0 Å². The quantitative estimate of drug-likeness (QED) is 0.563. The summed E-state index contributed by atoms with van der Waals surface area (Å²) >= 11 is 0. The Bertz CT molecular complexity index is 1070. The van der Waals surface area contributed by atoms with E-state index in [1.54, 1.807) is 19.9 Å². The Labute approximate surface area is 180 Å². The van der Waals surface area contributed by atoms with Crippen LogP contribution in [0.4, 0.5) is 0 Å². The van der Waals surface area contributed by atoms with Crippen LogP contribution >= 0.6 is 0 Å². The highest BCUT2D eigenvalue weighted by molar-refractivity contribution is 7.89. The predicted molar refractivity (Wildman–Crippen MR) is 121 cm³/mol. The molecule has 0 saturated carbocycles. The third kappa shape index (κ3) is 3.86. The first-order valence-corrected chi connectivity index (χ1v) is 12.1. The summed E-state index contributed by atoms with van der Waals surface area (Å²) in [5, 5.41) is 11.4. The van der Waals surface area contributed by atoms with Gasteiger partial charge in [-0.2, -0.15) is 4.31 Å². The molecule has 1 N–H and O–H groups in total. The zero-order valence-corrected chi connectivity index (χ0v) is 19.1. The van der Waals surface area contributed by atoms with E-state index in [1.807, 2.05) is 25.1 Å². The van der Waals surface area contributed by atoms with Crippen LogP contribution in [0, 0.1) is 6.92 Å². The molecule has 1 aliphatic rings. The second-order valence-electron chi connectivity index (χ2n) is 7.71. The number of aryl methyl sites for hydroxylation is 2. The van der Waals surface area contributed by atoms with Gasteiger partial charge in [0.05, 0.1) is 5.56 Å². The Balaban J connectivity index is 2.31. The molecule has 0 saturated heterocycles. The first-order valence-electron chi connectivity index (χ1n) is 10.6. The fraction of sp³-hybridized carbons (Fsp3) is 0.417. The second-order valence-corrected chi connectivity index (χ2v) is 9.58. The van der Waals surface area contributed by atoms with Crippen molar-refractivity contribution in [2.24, 2.45) is 0 Å². The SMILES string of the molecule is C=C1Oc2cc(CCCCC)c(S(=O)(=O)N(CC)CC)c(O)c2-c2cc(C)ccc21. The van der Waals surface area contributed by atoms with E-state index in [-0.39, 0.29) is 10.6 Å². The third-order valence-electron chi connectivity index (χ3n) is 5.63. The summed E-state index contributed by atoms with van der Waals surface area (Å²) in [5.41, 5.74) is 3.53. The molecule has 3 rings (SSSR count). The van der Waals surface area contributed by atoms with Gasteiger partial charge in [-0.25, -0.2) is 8.42 Å². The van der Waals surface area contributed by atoms with Crippen LogP contribution in [0.1, 0.15) is 56.7 Å². The molecular formula is C24H31NO4S. The average Bonchev–Trinajstić information content (AvgIpc) is 2.68. The molecule has 30 heavy (non-hydrogen) atoms. The van der Waals surface area contributed by atoms with Gasteiger partial charge in [0.25, 0.3) is 0 Å². The minimum Gasteiger partial charge on any atom is -0.506 e. The van der Waals surface area contributed by atoms with Crippen LogP contribution in [0.15, 0.2) is 35.7 Å². The van der Waals surface area contributed by atoms with Crippen molar-refractivity contribution in [2.45, 2.75) is 58.3 Å². The smallest absolute Gasteiger partial charge is 0.247 e. The number of benzene rings is 2. The first kappa shape index (κ1) is 22.4. The van der Waals surface area contributed by atoms with Gasteiger partial charge in [0.2, 0.25) is 10.0 Å². The van der Waals surface area contributed by atoms with Crippen molar-refractivity contribution in [3.63, 3.8) is 0 Å². The number of unbranched alkanes of at least 4 members (excludes halogenated alkanes) is 2. The number of sulfonamides is 1. The van der Waals surface area contributed by atoms with Gasteiger partial charge in [-0.05, 0) is 31.4 Å². The zero-order chi connectivity index (χ0) is 22.1. The average molecular weight is 430 g/mol. The van der Waals surface area contributed by atoms with Crippen LogP contribution in [0.25, 0.3) is 16.9 Å². The highest BCUT2D eigenvalue weighted by Crippen LogP contribution is 2.50. The third-order valence-corrected chi connectivity index (χ3v) is 7.79. The van der Waals surface area contributed by atoms with E-state index in [1.165, 1.54) is 4.31 Å². The topological polar surface area (TPSA) is 66.8 Å². The fourth-order valence-corrected chi connectivity index (χ4v) is 5.82. The second kappa shape index (κ2) is 8.82. The van der Waals surface area contributed by atoms with Gasteiger partial charge in [0.1, 0.15) is 22.2 Å². The van der Waals surface area contributed by atoms with Crippen molar-refractivity contribution in [2.75, 3.05) is 13.1 Å². The van der Waals surface area contributed by atoms with Crippen molar-refractivity contribution in [1.29, 1.82) is 0 Å². The Hall–Kier alpha value is -2.31. The summed E-state index contributed by atoms with van der Waals surface area (Å²) in [6.45, 7) is 12.4. The van der Waals surface area contributed by atoms with E-state index in [2.05, 4.69) is 13.5 Å². The Morgan fingerprint density at radius 3 is 2.40 bits per heavy atom. The molecule has 2 aromatic rings. The summed E-state index contributed by atoms with van der Waals surface area (Å²) in [6, 6.07) is 7.55. The summed E-state index contributed by atoms with van der Waals surface area (Å²) in [6.07, 6.45) is 3.40. The number of hydrogen-bond donors (Lipinski definition) is 1. The van der Waals surface area contributed by atoms with Crippen molar-refractivity contribution >= 4 is 15.8 Å². The van der Waals surface area contributed by atoms with E-state index in [0.29, 0.717) is 42.1 Å². The van der Waals surface area contributed by atoms with Gasteiger partial charge in [-0.1, -0.05) is 64.0 Å². The monoisotopic (exact) mass is 429 g/mol. The molecule has 0 aliphatic carbocycles. The molecule has 0 aromatic heterocycles. The molecule has 1 heterocycles. The molecule has 0 fully saturated rings. The predicted octanol–water partition coefficient (Wildman–Crippen LogP) is 5.49. The van der Waals surface area contributed by atoms with E-state index >= 15 is 0 Å². The lowest BCUT2D eigenvalue weighted by Gasteiger charge is -2.28. The molecule has 6 heteroatoms. The maximum atomic E-state index is 13.5. The number of ether oxygens (including phenoxy) is 1. The molecule has 1 aliphatic heterocycles. The lowest BCUT2D eigenvalue weighted by Crippen LogP contribution is -2.31. The van der Waals surface area contributed by atoms with Crippen LogP contribution in [-0.4, -0.2) is 30.9 Å². The number of rotatable bonds is 8. The molecule has 5 nitrogen and oxygen atoms in total. The van der Waals surface area contributed by atoms with E-state index in [0.717, 1.165) is 36.0 Å². The van der Waals surface area contributed by atoms with Gasteiger partial charge < -0.3 is 9.84 Å². The highest BCUT2D eigenvalue weighted by atomic mass is 32.2. The number of phenolic OH excluding ortho intramolecular Hbond substituents is 1. The first-order chi connectivity index (χ1) is 14.3. The normalized spacial score (nSPS) is 13.2. The number of nitrogens with zero attached hydrogens (tertiary/aromatic N) is 1. The Kier molecular flexibility index (Phi) is 6.58. The lowest BCUT2D eigenvalue weighted by molar-refractivity contribution is 0.424. The van der Waals surface area contributed by atoms with E-state index in [4.69, 9.17) is 4.74 Å².